The van der Waals surface area contributed by atoms with Gasteiger partial charge in [0.2, 0.25) is 0 Å². The zero-order valence-corrected chi connectivity index (χ0v) is 11.6. The zero-order valence-electron chi connectivity index (χ0n) is 11.6. The van der Waals surface area contributed by atoms with Crippen molar-refractivity contribution in [1.29, 1.82) is 0 Å². The Morgan fingerprint density at radius 1 is 1.39 bits per heavy atom. The Balaban J connectivity index is 2.02. The molecule has 0 aromatic rings. The normalized spacial score (nSPS) is 34.1. The summed E-state index contributed by atoms with van der Waals surface area (Å²) in [5.74, 6) is 0.524. The minimum atomic E-state index is -0.285. The molecule has 2 aliphatic heterocycles. The zero-order chi connectivity index (χ0) is 13.2. The van der Waals surface area contributed by atoms with Crippen molar-refractivity contribution >= 4 is 5.78 Å². The summed E-state index contributed by atoms with van der Waals surface area (Å²) in [5.41, 5.74) is -0.201. The van der Waals surface area contributed by atoms with Crippen molar-refractivity contribution in [2.45, 2.75) is 44.8 Å². The second-order valence-electron chi connectivity index (χ2n) is 5.83. The third kappa shape index (κ3) is 2.76. The van der Waals surface area contributed by atoms with E-state index in [-0.39, 0.29) is 29.3 Å². The molecule has 0 amide bonds. The van der Waals surface area contributed by atoms with Gasteiger partial charge in [0.1, 0.15) is 6.10 Å². The highest BCUT2D eigenvalue weighted by Gasteiger charge is 2.44. The fourth-order valence-electron chi connectivity index (χ4n) is 3.08. The fraction of sp³-hybridized carbons (Fsp3) is 0.929. The van der Waals surface area contributed by atoms with Gasteiger partial charge in [-0.2, -0.15) is 0 Å². The number of carbonyl (C=O) groups is 1. The van der Waals surface area contributed by atoms with Crippen molar-refractivity contribution in [3.8, 4) is 0 Å². The van der Waals surface area contributed by atoms with Gasteiger partial charge in [-0.3, -0.25) is 4.79 Å². The molecule has 18 heavy (non-hydrogen) atoms. The Hall–Kier alpha value is -0.450. The first kappa shape index (κ1) is 14.0. The molecule has 0 N–H and O–H groups in total. The van der Waals surface area contributed by atoms with Crippen molar-refractivity contribution in [3.05, 3.63) is 0 Å². The molecular formula is C14H24O4. The molecule has 2 heterocycles. The van der Waals surface area contributed by atoms with E-state index in [0.717, 1.165) is 25.9 Å². The van der Waals surface area contributed by atoms with Crippen LogP contribution in [0.3, 0.4) is 0 Å². The number of ketones is 1. The van der Waals surface area contributed by atoms with E-state index in [2.05, 4.69) is 0 Å². The fourth-order valence-corrected chi connectivity index (χ4v) is 3.08. The van der Waals surface area contributed by atoms with E-state index in [9.17, 15) is 4.79 Å². The van der Waals surface area contributed by atoms with Crippen molar-refractivity contribution < 1.29 is 19.0 Å². The molecule has 3 unspecified atom stereocenters. The lowest BCUT2D eigenvalue weighted by molar-refractivity contribution is -0.148. The molecule has 2 aliphatic rings. The first-order valence-electron chi connectivity index (χ1n) is 6.86. The average Bonchev–Trinajstić information content (AvgIpc) is 2.77. The SMILES string of the molecule is COC(C(=O)C1CCOC2(CCOC2)C1)C(C)C. The number of methoxy groups -OCH3 is 1. The Kier molecular flexibility index (Phi) is 4.41. The maximum absolute atomic E-state index is 12.5. The van der Waals surface area contributed by atoms with Crippen LogP contribution in [0.2, 0.25) is 0 Å². The highest BCUT2D eigenvalue weighted by atomic mass is 16.6. The Labute approximate surface area is 109 Å². The largest absolute Gasteiger partial charge is 0.378 e. The summed E-state index contributed by atoms with van der Waals surface area (Å²) in [6.45, 7) is 6.10. The molecule has 0 bridgehead atoms. The number of ether oxygens (including phenoxy) is 3. The molecule has 0 saturated carbocycles. The van der Waals surface area contributed by atoms with Crippen LogP contribution in [0.1, 0.15) is 33.1 Å². The molecule has 0 radical (unpaired) electrons. The second kappa shape index (κ2) is 5.68. The highest BCUT2D eigenvalue weighted by molar-refractivity contribution is 5.85. The molecule has 4 nitrogen and oxygen atoms in total. The first-order chi connectivity index (χ1) is 8.58. The third-order valence-electron chi connectivity index (χ3n) is 4.10. The minimum Gasteiger partial charge on any atom is -0.378 e. The van der Waals surface area contributed by atoms with Crippen molar-refractivity contribution in [1.82, 2.24) is 0 Å². The van der Waals surface area contributed by atoms with E-state index >= 15 is 0 Å². The van der Waals surface area contributed by atoms with E-state index in [0.29, 0.717) is 13.2 Å². The van der Waals surface area contributed by atoms with Gasteiger partial charge in [0.25, 0.3) is 0 Å². The molecule has 104 valence electrons. The van der Waals surface area contributed by atoms with Gasteiger partial charge in [-0.1, -0.05) is 13.8 Å². The van der Waals surface area contributed by atoms with Crippen molar-refractivity contribution in [2.75, 3.05) is 26.9 Å². The van der Waals surface area contributed by atoms with Crippen molar-refractivity contribution in [2.24, 2.45) is 11.8 Å². The molecule has 2 saturated heterocycles. The lowest BCUT2D eigenvalue weighted by Crippen LogP contribution is -2.45. The van der Waals surface area contributed by atoms with E-state index < -0.39 is 0 Å². The number of Topliss-reactive ketones (excluding diaryl/α,β-unsaturated/α-hetero) is 1. The highest BCUT2D eigenvalue weighted by Crippen LogP contribution is 2.37. The molecule has 3 atom stereocenters. The number of carbonyl (C=O) groups excluding carboxylic acids is 1. The van der Waals surface area contributed by atoms with Crippen LogP contribution in [0, 0.1) is 11.8 Å². The van der Waals surface area contributed by atoms with Crippen LogP contribution in [-0.4, -0.2) is 44.4 Å². The molecule has 1 spiro atoms. The summed E-state index contributed by atoms with van der Waals surface area (Å²) >= 11 is 0. The van der Waals surface area contributed by atoms with Crippen LogP contribution in [-0.2, 0) is 19.0 Å². The number of hydrogen-bond acceptors (Lipinski definition) is 4. The Morgan fingerprint density at radius 3 is 2.72 bits per heavy atom. The monoisotopic (exact) mass is 256 g/mol. The Morgan fingerprint density at radius 2 is 2.17 bits per heavy atom. The maximum Gasteiger partial charge on any atom is 0.165 e. The first-order valence-corrected chi connectivity index (χ1v) is 6.86. The van der Waals surface area contributed by atoms with Gasteiger partial charge in [0, 0.05) is 32.7 Å². The van der Waals surface area contributed by atoms with Gasteiger partial charge in [-0.15, -0.1) is 0 Å². The molecule has 0 aromatic carbocycles. The third-order valence-corrected chi connectivity index (χ3v) is 4.10. The molecule has 2 fully saturated rings. The van der Waals surface area contributed by atoms with Gasteiger partial charge in [0.15, 0.2) is 5.78 Å². The van der Waals surface area contributed by atoms with Gasteiger partial charge in [-0.05, 0) is 18.8 Å². The van der Waals surface area contributed by atoms with Crippen LogP contribution in [0.25, 0.3) is 0 Å². The molecule has 4 heteroatoms. The lowest BCUT2D eigenvalue weighted by atomic mass is 9.80. The van der Waals surface area contributed by atoms with Crippen molar-refractivity contribution in [3.63, 3.8) is 0 Å². The molecule has 2 rings (SSSR count). The lowest BCUT2D eigenvalue weighted by Gasteiger charge is -2.37. The van der Waals surface area contributed by atoms with Crippen LogP contribution < -0.4 is 0 Å². The summed E-state index contributed by atoms with van der Waals surface area (Å²) in [4.78, 5) is 12.5. The predicted octanol–water partition coefficient (Wildman–Crippen LogP) is 1.81. The smallest absolute Gasteiger partial charge is 0.165 e. The van der Waals surface area contributed by atoms with Gasteiger partial charge >= 0.3 is 0 Å². The molecular weight excluding hydrogens is 232 g/mol. The molecule has 0 aliphatic carbocycles. The summed E-state index contributed by atoms with van der Waals surface area (Å²) in [6, 6.07) is 0. The standard InChI is InChI=1S/C14H24O4/c1-10(2)13(16-3)12(15)11-4-6-18-14(8-11)5-7-17-9-14/h10-11,13H,4-9H2,1-3H3. The summed E-state index contributed by atoms with van der Waals surface area (Å²) < 4.78 is 16.7. The van der Waals surface area contributed by atoms with E-state index in [1.54, 1.807) is 7.11 Å². The average molecular weight is 256 g/mol. The molecule has 0 aromatic heterocycles. The summed E-state index contributed by atoms with van der Waals surface area (Å²) in [6.07, 6.45) is 2.23. The van der Waals surface area contributed by atoms with E-state index in [1.807, 2.05) is 13.8 Å². The Bertz CT molecular complexity index is 294. The van der Waals surface area contributed by atoms with Gasteiger partial charge < -0.3 is 14.2 Å². The second-order valence-corrected chi connectivity index (χ2v) is 5.83. The summed E-state index contributed by atoms with van der Waals surface area (Å²) in [7, 11) is 1.62. The number of rotatable bonds is 4. The minimum absolute atomic E-state index is 0.0628. The van der Waals surface area contributed by atoms with Crippen LogP contribution in [0.5, 0.6) is 0 Å². The van der Waals surface area contributed by atoms with Crippen LogP contribution in [0.15, 0.2) is 0 Å². The van der Waals surface area contributed by atoms with Gasteiger partial charge in [0.05, 0.1) is 12.2 Å². The van der Waals surface area contributed by atoms with E-state index in [4.69, 9.17) is 14.2 Å². The van der Waals surface area contributed by atoms with Gasteiger partial charge in [-0.25, -0.2) is 0 Å². The maximum atomic E-state index is 12.5. The van der Waals surface area contributed by atoms with Crippen LogP contribution in [0.4, 0.5) is 0 Å². The predicted molar refractivity (Wildman–Crippen MR) is 67.5 cm³/mol. The topological polar surface area (TPSA) is 44.8 Å². The summed E-state index contributed by atoms with van der Waals surface area (Å²) in [5, 5.41) is 0. The van der Waals surface area contributed by atoms with Crippen LogP contribution >= 0.6 is 0 Å². The van der Waals surface area contributed by atoms with E-state index in [1.165, 1.54) is 0 Å². The number of hydrogen-bond donors (Lipinski definition) is 0. The quantitative estimate of drug-likeness (QED) is 0.769.